The molecule has 0 heterocycles. The van der Waals surface area contributed by atoms with Gasteiger partial charge in [-0.25, -0.2) is 0 Å². The predicted octanol–water partition coefficient (Wildman–Crippen LogP) is -1.68. The first-order chi connectivity index (χ1) is 3.33. The summed E-state index contributed by atoms with van der Waals surface area (Å²) in [5.74, 6) is 0. The minimum Gasteiger partial charge on any atom is -0.329 e. The second kappa shape index (κ2) is 18.5. The molecule has 0 aliphatic carbocycles. The van der Waals surface area contributed by atoms with Crippen LogP contribution in [0, 0.1) is 0 Å². The Labute approximate surface area is 41.5 Å². The summed E-state index contributed by atoms with van der Waals surface area (Å²) in [5, 5.41) is 0. The summed E-state index contributed by atoms with van der Waals surface area (Å²) in [6, 6.07) is 0. The van der Waals surface area contributed by atoms with Crippen LogP contribution >= 0.6 is 0 Å². The Kier molecular flexibility index (Phi) is 25.3. The monoisotopic (exact) mass is 104 g/mol. The molecule has 4 nitrogen and oxygen atoms in total. The zero-order chi connectivity index (χ0) is 6.12. The first-order valence-electron chi connectivity index (χ1n) is 1.72. The van der Waals surface area contributed by atoms with Crippen LogP contribution in [0.1, 0.15) is 0 Å². The molecule has 0 rings (SSSR count). The van der Waals surface area contributed by atoms with Crippen molar-refractivity contribution in [2.24, 2.45) is 11.5 Å². The van der Waals surface area contributed by atoms with Crippen LogP contribution in [0.5, 0.6) is 0 Å². The van der Waals surface area contributed by atoms with E-state index in [0.717, 1.165) is 0 Å². The van der Waals surface area contributed by atoms with Crippen molar-refractivity contribution < 1.29 is 9.59 Å². The van der Waals surface area contributed by atoms with Gasteiger partial charge in [-0.15, -0.1) is 0 Å². The molecule has 0 atom stereocenters. The van der Waals surface area contributed by atoms with E-state index < -0.39 is 0 Å². The van der Waals surface area contributed by atoms with E-state index in [1.54, 1.807) is 0 Å². The van der Waals surface area contributed by atoms with Gasteiger partial charge in [0, 0.05) is 13.1 Å². The zero-order valence-electron chi connectivity index (χ0n) is 3.89. The third kappa shape index (κ3) is 641. The maximum atomic E-state index is 8.12. The molecule has 4 N–H and O–H groups in total. The van der Waals surface area contributed by atoms with Gasteiger partial charge >= 0.3 is 6.15 Å². The van der Waals surface area contributed by atoms with E-state index in [1.165, 1.54) is 0 Å². The Balaban J connectivity index is 0. The average Bonchev–Trinajstić information content (AvgIpc) is 1.69. The Morgan fingerprint density at radius 3 is 1.29 bits per heavy atom. The Morgan fingerprint density at radius 2 is 1.29 bits per heavy atom. The number of nitrogens with two attached hydrogens (primary N) is 2. The molecule has 0 aliphatic heterocycles. The zero-order valence-corrected chi connectivity index (χ0v) is 3.89. The van der Waals surface area contributed by atoms with Crippen molar-refractivity contribution in [3.63, 3.8) is 0 Å². The lowest BCUT2D eigenvalue weighted by Gasteiger charge is -1.72. The Hall–Kier alpha value is -0.700. The van der Waals surface area contributed by atoms with Crippen molar-refractivity contribution in [2.75, 3.05) is 13.1 Å². The fraction of sp³-hybridized carbons (Fsp3) is 0.667. The molecule has 0 saturated heterocycles. The van der Waals surface area contributed by atoms with Crippen molar-refractivity contribution >= 4 is 6.15 Å². The summed E-state index contributed by atoms with van der Waals surface area (Å²) in [5.41, 5.74) is 9.81. The van der Waals surface area contributed by atoms with Gasteiger partial charge in [-0.2, -0.15) is 9.59 Å². The van der Waals surface area contributed by atoms with Crippen LogP contribution in [0.15, 0.2) is 0 Å². The van der Waals surface area contributed by atoms with Crippen LogP contribution in [0.3, 0.4) is 0 Å². The van der Waals surface area contributed by atoms with Gasteiger partial charge < -0.3 is 11.5 Å². The third-order valence-electron chi connectivity index (χ3n) is 0.167. The topological polar surface area (TPSA) is 86.2 Å². The molecule has 0 aliphatic rings. The lowest BCUT2D eigenvalue weighted by atomic mass is 10.7. The van der Waals surface area contributed by atoms with Crippen LogP contribution in [-0.4, -0.2) is 19.2 Å². The fourth-order valence-electron chi connectivity index (χ4n) is 0. The quantitative estimate of drug-likeness (QED) is 0.416. The highest BCUT2D eigenvalue weighted by atomic mass is 16.2. The van der Waals surface area contributed by atoms with E-state index in [0.29, 0.717) is 13.1 Å². The molecule has 0 amide bonds. The first-order valence-corrected chi connectivity index (χ1v) is 1.72. The van der Waals surface area contributed by atoms with Crippen molar-refractivity contribution in [3.8, 4) is 0 Å². The van der Waals surface area contributed by atoms with Crippen molar-refractivity contribution in [1.82, 2.24) is 0 Å². The summed E-state index contributed by atoms with van der Waals surface area (Å²) < 4.78 is 0. The second-order valence-electron chi connectivity index (χ2n) is 0.661. The lowest BCUT2D eigenvalue weighted by Crippen LogP contribution is -2.11. The highest BCUT2D eigenvalue weighted by Crippen LogP contribution is 1.24. The molecule has 42 valence electrons. The van der Waals surface area contributed by atoms with Gasteiger partial charge in [-0.05, 0) is 0 Å². The van der Waals surface area contributed by atoms with Gasteiger partial charge in [-0.3, -0.25) is 0 Å². The van der Waals surface area contributed by atoms with E-state index in [1.807, 2.05) is 0 Å². The molecule has 0 bridgehead atoms. The average molecular weight is 104 g/mol. The largest absolute Gasteiger partial charge is 0.373 e. The van der Waals surface area contributed by atoms with Gasteiger partial charge in [0.05, 0.1) is 0 Å². The highest BCUT2D eigenvalue weighted by Gasteiger charge is 1.54. The van der Waals surface area contributed by atoms with Crippen LogP contribution < -0.4 is 11.5 Å². The second-order valence-corrected chi connectivity index (χ2v) is 0.661. The number of hydrogen-bond acceptors (Lipinski definition) is 4. The van der Waals surface area contributed by atoms with Crippen LogP contribution in [0.2, 0.25) is 0 Å². The third-order valence-corrected chi connectivity index (χ3v) is 0.167. The SMILES string of the molecule is NCCN.O=C=O. The molecule has 0 radical (unpaired) electrons. The Bertz CT molecular complexity index is 46.9. The molecule has 4 heteroatoms. The van der Waals surface area contributed by atoms with Gasteiger partial charge in [0.25, 0.3) is 0 Å². The molecular weight excluding hydrogens is 96.0 g/mol. The summed E-state index contributed by atoms with van der Waals surface area (Å²) in [6.45, 7) is 1.19. The molecule has 0 unspecified atom stereocenters. The van der Waals surface area contributed by atoms with Crippen molar-refractivity contribution in [2.45, 2.75) is 0 Å². The molecule has 0 aromatic rings. The molecule has 7 heavy (non-hydrogen) atoms. The lowest BCUT2D eigenvalue weighted by molar-refractivity contribution is -0.191. The maximum Gasteiger partial charge on any atom is 0.373 e. The van der Waals surface area contributed by atoms with Crippen molar-refractivity contribution in [3.05, 3.63) is 0 Å². The van der Waals surface area contributed by atoms with E-state index >= 15 is 0 Å². The fourth-order valence-corrected chi connectivity index (χ4v) is 0. The highest BCUT2D eigenvalue weighted by molar-refractivity contribution is 5.20. The van der Waals surface area contributed by atoms with Crippen LogP contribution in [-0.2, 0) is 9.59 Å². The predicted molar refractivity (Wildman–Crippen MR) is 23.1 cm³/mol. The number of rotatable bonds is 1. The molecule has 0 aromatic carbocycles. The number of hydrogen-bond donors (Lipinski definition) is 2. The molecule has 0 aromatic heterocycles. The smallest absolute Gasteiger partial charge is 0.329 e. The minimum absolute atomic E-state index is 0.250. The molecule has 0 fully saturated rings. The molecule has 0 spiro atoms. The van der Waals surface area contributed by atoms with Crippen LogP contribution in [0.25, 0.3) is 0 Å². The van der Waals surface area contributed by atoms with Gasteiger partial charge in [0.15, 0.2) is 0 Å². The standard InChI is InChI=1S/C2H8N2.CO2/c3-1-2-4;2-1-3/h1-4H2;. The number of carbonyl (C=O) groups excluding carboxylic acids is 2. The first kappa shape index (κ1) is 9.57. The summed E-state index contributed by atoms with van der Waals surface area (Å²) >= 11 is 0. The summed E-state index contributed by atoms with van der Waals surface area (Å²) in [4.78, 5) is 16.2. The van der Waals surface area contributed by atoms with Gasteiger partial charge in [0.1, 0.15) is 0 Å². The van der Waals surface area contributed by atoms with Crippen LogP contribution in [0.4, 0.5) is 0 Å². The Morgan fingerprint density at radius 1 is 1.14 bits per heavy atom. The van der Waals surface area contributed by atoms with E-state index in [4.69, 9.17) is 21.1 Å². The van der Waals surface area contributed by atoms with Gasteiger partial charge in [0.2, 0.25) is 0 Å². The van der Waals surface area contributed by atoms with E-state index in [2.05, 4.69) is 0 Å². The van der Waals surface area contributed by atoms with Gasteiger partial charge in [-0.1, -0.05) is 0 Å². The molecular formula is C3H8N2O2. The normalized spacial score (nSPS) is 5.43. The summed E-state index contributed by atoms with van der Waals surface area (Å²) in [7, 11) is 0. The van der Waals surface area contributed by atoms with E-state index in [9.17, 15) is 0 Å². The van der Waals surface area contributed by atoms with Crippen molar-refractivity contribution in [1.29, 1.82) is 0 Å². The minimum atomic E-state index is 0.250. The van der Waals surface area contributed by atoms with E-state index in [-0.39, 0.29) is 6.15 Å². The molecule has 0 saturated carbocycles. The summed E-state index contributed by atoms with van der Waals surface area (Å²) in [6.07, 6.45) is 0.250. The maximum absolute atomic E-state index is 8.12.